The van der Waals surface area contributed by atoms with Crippen LogP contribution in [0.25, 0.3) is 0 Å². The third kappa shape index (κ3) is 4.33. The van der Waals surface area contributed by atoms with E-state index in [9.17, 15) is 8.42 Å². The minimum atomic E-state index is -3.71. The highest BCUT2D eigenvalue weighted by atomic mass is 35.5. The highest BCUT2D eigenvalue weighted by Gasteiger charge is 2.14. The Labute approximate surface area is 158 Å². The Morgan fingerprint density at radius 1 is 1.04 bits per heavy atom. The molecule has 0 spiro atoms. The molecule has 0 aliphatic heterocycles. The Kier molecular flexibility index (Phi) is 5.44. The summed E-state index contributed by atoms with van der Waals surface area (Å²) in [5.74, 6) is 0.636. The zero-order valence-electron chi connectivity index (χ0n) is 14.1. The van der Waals surface area contributed by atoms with E-state index >= 15 is 0 Å². The Morgan fingerprint density at radius 3 is 2.54 bits per heavy atom. The molecule has 0 aliphatic carbocycles. The van der Waals surface area contributed by atoms with Crippen molar-refractivity contribution in [3.05, 3.63) is 77.4 Å². The van der Waals surface area contributed by atoms with Crippen LogP contribution in [-0.4, -0.2) is 13.4 Å². The van der Waals surface area contributed by atoms with Gasteiger partial charge in [-0.1, -0.05) is 42.8 Å². The first-order valence-electron chi connectivity index (χ1n) is 8.07. The lowest BCUT2D eigenvalue weighted by Crippen LogP contribution is -2.13. The molecule has 2 aromatic carbocycles. The quantitative estimate of drug-likeness (QED) is 0.634. The maximum absolute atomic E-state index is 12.4. The molecule has 3 rings (SSSR count). The van der Waals surface area contributed by atoms with Gasteiger partial charge in [-0.25, -0.2) is 13.4 Å². The molecule has 0 fully saturated rings. The van der Waals surface area contributed by atoms with Crippen molar-refractivity contribution in [1.29, 1.82) is 0 Å². The van der Waals surface area contributed by atoms with E-state index in [0.29, 0.717) is 16.5 Å². The van der Waals surface area contributed by atoms with Crippen LogP contribution in [0.3, 0.4) is 0 Å². The van der Waals surface area contributed by atoms with Crippen molar-refractivity contribution in [3.8, 4) is 0 Å². The molecule has 2 N–H and O–H groups in total. The van der Waals surface area contributed by atoms with Gasteiger partial charge in [-0.2, -0.15) is 0 Å². The van der Waals surface area contributed by atoms with E-state index in [1.165, 1.54) is 23.9 Å². The Balaban J connectivity index is 1.75. The summed E-state index contributed by atoms with van der Waals surface area (Å²) in [7, 11) is -3.71. The van der Waals surface area contributed by atoms with Crippen LogP contribution in [0.4, 0.5) is 17.2 Å². The lowest BCUT2D eigenvalue weighted by Gasteiger charge is -2.11. The number of pyridine rings is 1. The van der Waals surface area contributed by atoms with Crippen LogP contribution in [0.1, 0.15) is 12.5 Å². The fourth-order valence-electron chi connectivity index (χ4n) is 2.46. The van der Waals surface area contributed by atoms with Crippen molar-refractivity contribution in [2.45, 2.75) is 18.2 Å². The summed E-state index contributed by atoms with van der Waals surface area (Å²) in [5.41, 5.74) is 2.54. The summed E-state index contributed by atoms with van der Waals surface area (Å²) in [6.07, 6.45) is 2.37. The predicted octanol–water partition coefficient (Wildman–Crippen LogP) is 4.84. The smallest absolute Gasteiger partial charge is 0.261 e. The maximum Gasteiger partial charge on any atom is 0.261 e. The third-order valence-corrected chi connectivity index (χ3v) is 5.40. The Hall–Kier alpha value is -2.57. The van der Waals surface area contributed by atoms with E-state index in [-0.39, 0.29) is 4.90 Å². The number of aryl methyl sites for hydroxylation is 1. The number of benzene rings is 2. The Morgan fingerprint density at radius 2 is 1.85 bits per heavy atom. The number of nitrogens with zero attached hydrogens (tertiary/aromatic N) is 1. The van der Waals surface area contributed by atoms with E-state index in [1.54, 1.807) is 24.3 Å². The van der Waals surface area contributed by atoms with Gasteiger partial charge in [-0.05, 0) is 48.4 Å². The number of rotatable bonds is 6. The summed E-state index contributed by atoms with van der Waals surface area (Å²) in [5, 5.41) is 3.61. The van der Waals surface area contributed by atoms with E-state index < -0.39 is 10.0 Å². The third-order valence-electron chi connectivity index (χ3n) is 3.78. The molecule has 7 heteroatoms. The van der Waals surface area contributed by atoms with Gasteiger partial charge in [-0.15, -0.1) is 0 Å². The number of aromatic nitrogens is 1. The molecule has 0 aliphatic rings. The van der Waals surface area contributed by atoms with Crippen molar-refractivity contribution in [2.24, 2.45) is 0 Å². The predicted molar refractivity (Wildman–Crippen MR) is 106 cm³/mol. The van der Waals surface area contributed by atoms with E-state index in [2.05, 4.69) is 28.0 Å². The first kappa shape index (κ1) is 18.2. The standard InChI is InChI=1S/C19H18ClN3O2S/c1-2-14-6-3-4-9-18(14)22-19-11-10-16(13-21-19)23-26(24,25)17-8-5-7-15(20)12-17/h3-13,23H,2H2,1H3,(H,21,22). The van der Waals surface area contributed by atoms with Crippen molar-refractivity contribution < 1.29 is 8.42 Å². The van der Waals surface area contributed by atoms with Gasteiger partial charge in [0.1, 0.15) is 5.82 Å². The van der Waals surface area contributed by atoms with Crippen LogP contribution in [0.15, 0.2) is 71.8 Å². The van der Waals surface area contributed by atoms with Crippen LogP contribution in [0, 0.1) is 0 Å². The van der Waals surface area contributed by atoms with Gasteiger partial charge >= 0.3 is 0 Å². The molecule has 1 aromatic heterocycles. The van der Waals surface area contributed by atoms with Crippen LogP contribution in [-0.2, 0) is 16.4 Å². The zero-order valence-corrected chi connectivity index (χ0v) is 15.7. The second-order valence-electron chi connectivity index (χ2n) is 5.63. The summed E-state index contributed by atoms with van der Waals surface area (Å²) < 4.78 is 27.3. The number of sulfonamides is 1. The normalized spacial score (nSPS) is 11.2. The number of halogens is 1. The lowest BCUT2D eigenvalue weighted by molar-refractivity contribution is 0.601. The van der Waals surface area contributed by atoms with Crippen LogP contribution < -0.4 is 10.0 Å². The number of hydrogen-bond acceptors (Lipinski definition) is 4. The van der Waals surface area contributed by atoms with Gasteiger partial charge in [0.2, 0.25) is 0 Å². The van der Waals surface area contributed by atoms with Gasteiger partial charge in [0.25, 0.3) is 10.0 Å². The van der Waals surface area contributed by atoms with Crippen molar-refractivity contribution >= 4 is 38.8 Å². The molecule has 26 heavy (non-hydrogen) atoms. The molecular formula is C19H18ClN3O2S. The first-order valence-corrected chi connectivity index (χ1v) is 9.93. The SMILES string of the molecule is CCc1ccccc1Nc1ccc(NS(=O)(=O)c2cccc(Cl)c2)cn1. The molecule has 0 saturated carbocycles. The molecule has 0 radical (unpaired) electrons. The maximum atomic E-state index is 12.4. The fraction of sp³-hybridized carbons (Fsp3) is 0.105. The molecule has 3 aromatic rings. The lowest BCUT2D eigenvalue weighted by atomic mass is 10.1. The second kappa shape index (κ2) is 7.76. The first-order chi connectivity index (χ1) is 12.5. The van der Waals surface area contributed by atoms with Crippen LogP contribution in [0.2, 0.25) is 5.02 Å². The number of hydrogen-bond donors (Lipinski definition) is 2. The summed E-state index contributed by atoms with van der Waals surface area (Å²) in [4.78, 5) is 4.38. The molecule has 0 saturated heterocycles. The average molecular weight is 388 g/mol. The fourth-order valence-corrected chi connectivity index (χ4v) is 3.81. The molecule has 1 heterocycles. The monoisotopic (exact) mass is 387 g/mol. The zero-order chi connectivity index (χ0) is 18.6. The highest BCUT2D eigenvalue weighted by molar-refractivity contribution is 7.92. The van der Waals surface area contributed by atoms with Gasteiger partial charge in [-0.3, -0.25) is 4.72 Å². The molecule has 0 amide bonds. The van der Waals surface area contributed by atoms with Crippen molar-refractivity contribution in [3.63, 3.8) is 0 Å². The van der Waals surface area contributed by atoms with E-state index in [4.69, 9.17) is 11.6 Å². The number of nitrogens with one attached hydrogen (secondary N) is 2. The van der Waals surface area contributed by atoms with Crippen LogP contribution >= 0.6 is 11.6 Å². The van der Waals surface area contributed by atoms with E-state index in [1.807, 2.05) is 18.2 Å². The van der Waals surface area contributed by atoms with Crippen molar-refractivity contribution in [2.75, 3.05) is 10.0 Å². The second-order valence-corrected chi connectivity index (χ2v) is 7.75. The molecule has 134 valence electrons. The van der Waals surface area contributed by atoms with Crippen LogP contribution in [0.5, 0.6) is 0 Å². The van der Waals surface area contributed by atoms with Gasteiger partial charge < -0.3 is 5.32 Å². The molecule has 0 atom stereocenters. The molecular weight excluding hydrogens is 370 g/mol. The minimum Gasteiger partial charge on any atom is -0.340 e. The highest BCUT2D eigenvalue weighted by Crippen LogP contribution is 2.22. The molecule has 0 bridgehead atoms. The van der Waals surface area contributed by atoms with E-state index in [0.717, 1.165) is 12.1 Å². The number of anilines is 3. The largest absolute Gasteiger partial charge is 0.340 e. The van der Waals surface area contributed by atoms with Gasteiger partial charge in [0.05, 0.1) is 16.8 Å². The average Bonchev–Trinajstić information content (AvgIpc) is 2.63. The topological polar surface area (TPSA) is 71.1 Å². The van der Waals surface area contributed by atoms with Gasteiger partial charge in [0.15, 0.2) is 0 Å². The van der Waals surface area contributed by atoms with Crippen molar-refractivity contribution in [1.82, 2.24) is 4.98 Å². The minimum absolute atomic E-state index is 0.101. The summed E-state index contributed by atoms with van der Waals surface area (Å²) >= 11 is 5.86. The number of para-hydroxylation sites is 1. The Bertz CT molecular complexity index is 1010. The molecule has 0 unspecified atom stereocenters. The summed E-state index contributed by atoms with van der Waals surface area (Å²) in [6, 6.07) is 17.5. The van der Waals surface area contributed by atoms with Gasteiger partial charge in [0, 0.05) is 10.7 Å². The summed E-state index contributed by atoms with van der Waals surface area (Å²) in [6.45, 7) is 2.08. The molecule has 5 nitrogen and oxygen atoms in total.